The number of unbranched alkanes of at least 4 members (excludes halogenated alkanes) is 3. The minimum Gasteiger partial charge on any atom is -0.328 e. The predicted octanol–water partition coefficient (Wildman–Crippen LogP) is 3.49. The summed E-state index contributed by atoms with van der Waals surface area (Å²) in [4.78, 5) is 3.91. The molecule has 0 N–H and O–H groups in total. The van der Waals surface area contributed by atoms with Crippen molar-refractivity contribution >= 4 is 0 Å². The van der Waals surface area contributed by atoms with Gasteiger partial charge in [0.25, 0.3) is 0 Å². The lowest BCUT2D eigenvalue weighted by molar-refractivity contribution is 0.569. The number of benzene rings is 1. The smallest absolute Gasteiger partial charge is 0.176 e. The summed E-state index contributed by atoms with van der Waals surface area (Å²) in [5, 5.41) is 0. The summed E-state index contributed by atoms with van der Waals surface area (Å²) in [6.07, 6.45) is 13.0. The highest BCUT2D eigenvalue weighted by molar-refractivity contribution is 5.14. The van der Waals surface area contributed by atoms with E-state index < -0.39 is 0 Å². The highest BCUT2D eigenvalue weighted by atomic mass is 15.0. The van der Waals surface area contributed by atoms with E-state index in [1.54, 1.807) is 6.20 Å². The minimum atomic E-state index is 1.05. The van der Waals surface area contributed by atoms with Gasteiger partial charge in [-0.3, -0.25) is 0 Å². The van der Waals surface area contributed by atoms with Crippen LogP contribution in [0.1, 0.15) is 31.2 Å². The van der Waals surface area contributed by atoms with Crippen molar-refractivity contribution in [1.82, 2.24) is 9.55 Å². The van der Waals surface area contributed by atoms with Gasteiger partial charge in [-0.15, -0.1) is 0 Å². The number of hydrogen-bond donors (Lipinski definition) is 0. The van der Waals surface area contributed by atoms with Gasteiger partial charge in [-0.05, 0) is 24.8 Å². The van der Waals surface area contributed by atoms with Gasteiger partial charge in [0.05, 0.1) is 0 Å². The van der Waals surface area contributed by atoms with Crippen LogP contribution in [0.25, 0.3) is 0 Å². The van der Waals surface area contributed by atoms with Gasteiger partial charge in [-0.25, -0.2) is 4.98 Å². The SMILES string of the molecule is [c]1nccn1CCCCCCc1ccccc1. The number of aryl methyl sites for hydroxylation is 2. The first kappa shape index (κ1) is 11.9. The van der Waals surface area contributed by atoms with Crippen molar-refractivity contribution in [1.29, 1.82) is 0 Å². The molecule has 0 saturated heterocycles. The first-order chi connectivity index (χ1) is 8.45. The molecule has 0 spiro atoms. The van der Waals surface area contributed by atoms with E-state index in [2.05, 4.69) is 41.6 Å². The third-order valence-electron chi connectivity index (χ3n) is 2.96. The van der Waals surface area contributed by atoms with E-state index >= 15 is 0 Å². The van der Waals surface area contributed by atoms with Crippen LogP contribution in [0.15, 0.2) is 42.7 Å². The third kappa shape index (κ3) is 4.43. The Morgan fingerprint density at radius 3 is 2.59 bits per heavy atom. The fraction of sp³-hybridized carbons (Fsp3) is 0.400. The van der Waals surface area contributed by atoms with Crippen molar-refractivity contribution in [3.05, 3.63) is 54.6 Å². The molecule has 2 heteroatoms. The summed E-state index contributed by atoms with van der Waals surface area (Å²) >= 11 is 0. The van der Waals surface area contributed by atoms with Crippen LogP contribution < -0.4 is 0 Å². The molecule has 0 fully saturated rings. The third-order valence-corrected chi connectivity index (χ3v) is 2.96. The molecule has 0 bridgehead atoms. The average Bonchev–Trinajstić information content (AvgIpc) is 2.88. The van der Waals surface area contributed by atoms with Crippen LogP contribution in [0.3, 0.4) is 0 Å². The van der Waals surface area contributed by atoms with E-state index in [1.807, 2.05) is 10.8 Å². The Kier molecular flexibility index (Phi) is 4.83. The van der Waals surface area contributed by atoms with Gasteiger partial charge >= 0.3 is 0 Å². The maximum atomic E-state index is 3.91. The molecular formula is C15H19N2. The Balaban J connectivity index is 1.52. The zero-order valence-corrected chi connectivity index (χ0v) is 10.2. The molecule has 89 valence electrons. The van der Waals surface area contributed by atoms with Crippen LogP contribution in [0.4, 0.5) is 0 Å². The van der Waals surface area contributed by atoms with E-state index in [9.17, 15) is 0 Å². The lowest BCUT2D eigenvalue weighted by Crippen LogP contribution is -1.94. The molecule has 2 aromatic rings. The summed E-state index contributed by atoms with van der Waals surface area (Å²) in [6, 6.07) is 10.7. The van der Waals surface area contributed by atoms with E-state index in [4.69, 9.17) is 0 Å². The van der Waals surface area contributed by atoms with Gasteiger partial charge in [-0.1, -0.05) is 43.2 Å². The summed E-state index contributed by atoms with van der Waals surface area (Å²) < 4.78 is 2.02. The number of hydrogen-bond acceptors (Lipinski definition) is 1. The molecule has 0 aliphatic heterocycles. The average molecular weight is 227 g/mol. The Hall–Kier alpha value is -1.57. The quantitative estimate of drug-likeness (QED) is 0.662. The molecule has 2 nitrogen and oxygen atoms in total. The fourth-order valence-electron chi connectivity index (χ4n) is 1.99. The molecule has 0 saturated carbocycles. The number of rotatable bonds is 7. The highest BCUT2D eigenvalue weighted by Crippen LogP contribution is 2.08. The number of nitrogens with zero attached hydrogens (tertiary/aromatic N) is 2. The molecule has 1 aromatic heterocycles. The van der Waals surface area contributed by atoms with Gasteiger partial charge in [0.1, 0.15) is 0 Å². The summed E-state index contributed by atoms with van der Waals surface area (Å²) in [7, 11) is 0. The molecule has 0 unspecified atom stereocenters. The molecule has 1 aromatic carbocycles. The summed E-state index contributed by atoms with van der Waals surface area (Å²) in [6.45, 7) is 1.05. The predicted molar refractivity (Wildman–Crippen MR) is 69.7 cm³/mol. The maximum absolute atomic E-state index is 3.91. The van der Waals surface area contributed by atoms with E-state index in [0.29, 0.717) is 0 Å². The van der Waals surface area contributed by atoms with Gasteiger partial charge in [0.15, 0.2) is 6.33 Å². The second-order valence-corrected chi connectivity index (χ2v) is 4.37. The van der Waals surface area contributed by atoms with Crippen LogP contribution in [-0.4, -0.2) is 9.55 Å². The highest BCUT2D eigenvalue weighted by Gasteiger charge is 1.94. The number of imidazole rings is 1. The Labute approximate surface area is 103 Å². The lowest BCUT2D eigenvalue weighted by atomic mass is 10.1. The molecular weight excluding hydrogens is 208 g/mol. The molecule has 17 heavy (non-hydrogen) atoms. The second kappa shape index (κ2) is 6.89. The monoisotopic (exact) mass is 227 g/mol. The van der Waals surface area contributed by atoms with E-state index in [-0.39, 0.29) is 0 Å². The molecule has 1 heterocycles. The van der Waals surface area contributed by atoms with Crippen molar-refractivity contribution in [2.75, 3.05) is 0 Å². The standard InChI is InChI=1S/C15H19N2/c1(2-7-12-17-13-11-16-14-17)4-8-15-9-5-3-6-10-15/h3,5-6,9-11,13H,1-2,4,7-8,12H2. The van der Waals surface area contributed by atoms with Crippen molar-refractivity contribution in [2.45, 2.75) is 38.6 Å². The van der Waals surface area contributed by atoms with Crippen LogP contribution in [0.5, 0.6) is 0 Å². The topological polar surface area (TPSA) is 17.8 Å². The molecule has 0 aliphatic carbocycles. The van der Waals surface area contributed by atoms with Crippen LogP contribution in [-0.2, 0) is 13.0 Å². The maximum Gasteiger partial charge on any atom is 0.176 e. The fourth-order valence-corrected chi connectivity index (χ4v) is 1.99. The van der Waals surface area contributed by atoms with Crippen LogP contribution in [0.2, 0.25) is 0 Å². The van der Waals surface area contributed by atoms with Crippen LogP contribution in [0, 0.1) is 6.33 Å². The summed E-state index contributed by atoms with van der Waals surface area (Å²) in [5.41, 5.74) is 1.45. The van der Waals surface area contributed by atoms with Crippen LogP contribution >= 0.6 is 0 Å². The molecule has 0 amide bonds. The van der Waals surface area contributed by atoms with Crippen molar-refractivity contribution in [3.63, 3.8) is 0 Å². The Morgan fingerprint density at radius 1 is 1.00 bits per heavy atom. The first-order valence-electron chi connectivity index (χ1n) is 6.38. The number of aromatic nitrogens is 2. The van der Waals surface area contributed by atoms with Gasteiger partial charge in [0, 0.05) is 18.9 Å². The van der Waals surface area contributed by atoms with Gasteiger partial charge in [0.2, 0.25) is 0 Å². The van der Waals surface area contributed by atoms with E-state index in [0.717, 1.165) is 6.54 Å². The van der Waals surface area contributed by atoms with E-state index in [1.165, 1.54) is 37.7 Å². The normalized spacial score (nSPS) is 10.6. The molecule has 2 rings (SSSR count). The molecule has 0 aliphatic rings. The molecule has 0 atom stereocenters. The summed E-state index contributed by atoms with van der Waals surface area (Å²) in [5.74, 6) is 0. The minimum absolute atomic E-state index is 1.05. The largest absolute Gasteiger partial charge is 0.328 e. The Bertz CT molecular complexity index is 392. The second-order valence-electron chi connectivity index (χ2n) is 4.37. The lowest BCUT2D eigenvalue weighted by Gasteiger charge is -2.02. The zero-order chi connectivity index (χ0) is 11.8. The van der Waals surface area contributed by atoms with Crippen molar-refractivity contribution in [2.24, 2.45) is 0 Å². The van der Waals surface area contributed by atoms with Gasteiger partial charge in [-0.2, -0.15) is 0 Å². The Morgan fingerprint density at radius 2 is 1.82 bits per heavy atom. The first-order valence-corrected chi connectivity index (χ1v) is 6.38. The van der Waals surface area contributed by atoms with Gasteiger partial charge < -0.3 is 4.57 Å². The van der Waals surface area contributed by atoms with Crippen molar-refractivity contribution in [3.8, 4) is 0 Å². The van der Waals surface area contributed by atoms with Crippen molar-refractivity contribution < 1.29 is 0 Å². The molecule has 1 radical (unpaired) electrons. The zero-order valence-electron chi connectivity index (χ0n) is 10.2.